The number of hydrogen-bond donors (Lipinski definition) is 0. The molecule has 0 heterocycles. The van der Waals surface area contributed by atoms with Gasteiger partial charge in [-0.3, -0.25) is 0 Å². The lowest BCUT2D eigenvalue weighted by Gasteiger charge is -2.24. The van der Waals surface area contributed by atoms with Gasteiger partial charge in [0.15, 0.2) is 11.6 Å². The predicted octanol–water partition coefficient (Wildman–Crippen LogP) is 5.02. The van der Waals surface area contributed by atoms with Gasteiger partial charge in [-0.2, -0.15) is 0 Å². The molecule has 0 saturated heterocycles. The Labute approximate surface area is 134 Å². The van der Waals surface area contributed by atoms with E-state index in [4.69, 9.17) is 0 Å². The van der Waals surface area contributed by atoms with Crippen LogP contribution < -0.4 is 0 Å². The minimum atomic E-state index is -0.951. The molecule has 0 fully saturated rings. The maximum absolute atomic E-state index is 14.6. The van der Waals surface area contributed by atoms with Gasteiger partial charge in [-0.1, -0.05) is 31.3 Å². The topological polar surface area (TPSA) is 0 Å². The Morgan fingerprint density at radius 3 is 2.61 bits per heavy atom. The van der Waals surface area contributed by atoms with Crippen molar-refractivity contribution in [2.24, 2.45) is 5.92 Å². The summed E-state index contributed by atoms with van der Waals surface area (Å²) >= 11 is 0. The summed E-state index contributed by atoms with van der Waals surface area (Å²) in [6.07, 6.45) is 3.76. The third kappa shape index (κ3) is 3.27. The summed E-state index contributed by atoms with van der Waals surface area (Å²) in [5.74, 6) is 3.93. The third-order valence-electron chi connectivity index (χ3n) is 4.49. The Morgan fingerprint density at radius 1 is 1.04 bits per heavy atom. The van der Waals surface area contributed by atoms with Crippen molar-refractivity contribution in [2.45, 2.75) is 32.6 Å². The van der Waals surface area contributed by atoms with Gasteiger partial charge in [0, 0.05) is 5.56 Å². The summed E-state index contributed by atoms with van der Waals surface area (Å²) in [6, 6.07) is 7.04. The fraction of sp³-hybridized carbons (Fsp3) is 0.300. The number of halogens is 3. The van der Waals surface area contributed by atoms with E-state index < -0.39 is 11.6 Å². The molecule has 0 nitrogen and oxygen atoms in total. The summed E-state index contributed by atoms with van der Waals surface area (Å²) in [5.41, 5.74) is 2.46. The van der Waals surface area contributed by atoms with Crippen LogP contribution in [0.3, 0.4) is 0 Å². The second-order valence-electron chi connectivity index (χ2n) is 5.96. The van der Waals surface area contributed by atoms with Gasteiger partial charge >= 0.3 is 0 Å². The summed E-state index contributed by atoms with van der Waals surface area (Å²) in [4.78, 5) is 0. The number of hydrogen-bond acceptors (Lipinski definition) is 0. The zero-order valence-electron chi connectivity index (χ0n) is 12.9. The van der Waals surface area contributed by atoms with Crippen molar-refractivity contribution < 1.29 is 13.2 Å². The normalized spacial score (nSPS) is 16.4. The largest absolute Gasteiger partial charge is 0.205 e. The highest BCUT2D eigenvalue weighted by Gasteiger charge is 2.21. The first-order chi connectivity index (χ1) is 11.1. The molecule has 118 valence electrons. The maximum Gasteiger partial charge on any atom is 0.160 e. The number of fused-ring (bicyclic) bond motifs is 1. The Bertz CT molecular complexity index is 797. The lowest BCUT2D eigenvalue weighted by Crippen LogP contribution is -2.15. The van der Waals surface area contributed by atoms with Crippen LogP contribution in [0.25, 0.3) is 0 Å². The van der Waals surface area contributed by atoms with E-state index >= 15 is 0 Å². The van der Waals surface area contributed by atoms with Crippen molar-refractivity contribution in [1.82, 2.24) is 0 Å². The SMILES string of the molecule is CCC1CCc2c(ccc(C#Cc3ccc(F)c(F)c3)c2F)C1. The zero-order valence-corrected chi connectivity index (χ0v) is 12.9. The Hall–Kier alpha value is -2.21. The quantitative estimate of drug-likeness (QED) is 0.648. The molecule has 0 aliphatic heterocycles. The smallest absolute Gasteiger partial charge is 0.160 e. The molecular formula is C20H17F3. The zero-order chi connectivity index (χ0) is 16.4. The highest BCUT2D eigenvalue weighted by molar-refractivity contribution is 5.47. The molecule has 2 aromatic rings. The van der Waals surface area contributed by atoms with Crippen LogP contribution in [-0.4, -0.2) is 0 Å². The predicted molar refractivity (Wildman–Crippen MR) is 84.5 cm³/mol. The standard InChI is InChI=1S/C20H17F3/c1-2-13-4-9-17-16(11-13)8-7-15(20(17)23)6-3-14-5-10-18(21)19(22)12-14/h5,7-8,10,12-13H,2,4,9,11H2,1H3. The molecule has 2 aromatic carbocycles. The van der Waals surface area contributed by atoms with E-state index in [1.54, 1.807) is 6.07 Å². The van der Waals surface area contributed by atoms with Gasteiger partial charge < -0.3 is 0 Å². The first-order valence-corrected chi connectivity index (χ1v) is 7.85. The number of benzene rings is 2. The van der Waals surface area contributed by atoms with E-state index in [9.17, 15) is 13.2 Å². The van der Waals surface area contributed by atoms with Crippen LogP contribution >= 0.6 is 0 Å². The van der Waals surface area contributed by atoms with Crippen molar-refractivity contribution in [1.29, 1.82) is 0 Å². The minimum absolute atomic E-state index is 0.271. The second kappa shape index (κ2) is 6.50. The summed E-state index contributed by atoms with van der Waals surface area (Å²) in [7, 11) is 0. The molecule has 1 aliphatic carbocycles. The first-order valence-electron chi connectivity index (χ1n) is 7.85. The molecule has 0 saturated carbocycles. The highest BCUT2D eigenvalue weighted by atomic mass is 19.2. The van der Waals surface area contributed by atoms with Crippen LogP contribution in [0.15, 0.2) is 30.3 Å². The van der Waals surface area contributed by atoms with Gasteiger partial charge in [-0.15, -0.1) is 0 Å². The Balaban J connectivity index is 1.90. The van der Waals surface area contributed by atoms with Crippen LogP contribution in [0.4, 0.5) is 13.2 Å². The van der Waals surface area contributed by atoms with Crippen LogP contribution in [0.1, 0.15) is 42.0 Å². The van der Waals surface area contributed by atoms with Crippen LogP contribution in [0.2, 0.25) is 0 Å². The van der Waals surface area contributed by atoms with Crippen molar-refractivity contribution in [3.63, 3.8) is 0 Å². The lowest BCUT2D eigenvalue weighted by molar-refractivity contribution is 0.434. The molecule has 0 N–H and O–H groups in total. The van der Waals surface area contributed by atoms with Gasteiger partial charge in [0.1, 0.15) is 5.82 Å². The summed E-state index contributed by atoms with van der Waals surface area (Å²) in [6.45, 7) is 2.16. The number of rotatable bonds is 1. The molecule has 0 radical (unpaired) electrons. The van der Waals surface area contributed by atoms with Gasteiger partial charge in [0.2, 0.25) is 0 Å². The van der Waals surface area contributed by atoms with E-state index in [-0.39, 0.29) is 5.82 Å². The molecule has 0 bridgehead atoms. The van der Waals surface area contributed by atoms with Gasteiger partial charge in [-0.25, -0.2) is 13.2 Å². The molecule has 23 heavy (non-hydrogen) atoms. The fourth-order valence-electron chi connectivity index (χ4n) is 3.04. The van der Waals surface area contributed by atoms with E-state index in [1.165, 1.54) is 6.07 Å². The van der Waals surface area contributed by atoms with E-state index in [0.717, 1.165) is 48.9 Å². The third-order valence-corrected chi connectivity index (χ3v) is 4.49. The first kappa shape index (κ1) is 15.7. The molecule has 0 spiro atoms. The van der Waals surface area contributed by atoms with Crippen molar-refractivity contribution >= 4 is 0 Å². The van der Waals surface area contributed by atoms with Crippen molar-refractivity contribution in [3.8, 4) is 11.8 Å². The van der Waals surface area contributed by atoms with E-state index in [0.29, 0.717) is 17.0 Å². The van der Waals surface area contributed by atoms with Crippen molar-refractivity contribution in [2.75, 3.05) is 0 Å². The summed E-state index contributed by atoms with van der Waals surface area (Å²) in [5, 5.41) is 0. The van der Waals surface area contributed by atoms with Gasteiger partial charge in [-0.05, 0) is 60.6 Å². The van der Waals surface area contributed by atoms with Crippen molar-refractivity contribution in [3.05, 3.63) is 70.0 Å². The molecule has 1 unspecified atom stereocenters. The Kier molecular flexibility index (Phi) is 4.43. The molecule has 3 rings (SSSR count). The van der Waals surface area contributed by atoms with E-state index in [1.807, 2.05) is 6.07 Å². The van der Waals surface area contributed by atoms with Gasteiger partial charge in [0.25, 0.3) is 0 Å². The summed E-state index contributed by atoms with van der Waals surface area (Å²) < 4.78 is 40.6. The molecule has 0 amide bonds. The van der Waals surface area contributed by atoms with Gasteiger partial charge in [0.05, 0.1) is 5.56 Å². The van der Waals surface area contributed by atoms with E-state index in [2.05, 4.69) is 18.8 Å². The molecule has 3 heteroatoms. The lowest BCUT2D eigenvalue weighted by atomic mass is 9.81. The molecule has 0 aromatic heterocycles. The van der Waals surface area contributed by atoms with Crippen LogP contribution in [0.5, 0.6) is 0 Å². The highest BCUT2D eigenvalue weighted by Crippen LogP contribution is 2.30. The molecular weight excluding hydrogens is 297 g/mol. The second-order valence-corrected chi connectivity index (χ2v) is 5.96. The molecule has 1 atom stereocenters. The monoisotopic (exact) mass is 314 g/mol. The Morgan fingerprint density at radius 2 is 1.87 bits per heavy atom. The fourth-order valence-corrected chi connectivity index (χ4v) is 3.04. The average Bonchev–Trinajstić information content (AvgIpc) is 2.57. The van der Waals surface area contributed by atoms with Crippen LogP contribution in [-0.2, 0) is 12.8 Å². The average molecular weight is 314 g/mol. The minimum Gasteiger partial charge on any atom is -0.205 e. The van der Waals surface area contributed by atoms with Crippen LogP contribution in [0, 0.1) is 35.2 Å². The molecule has 1 aliphatic rings. The maximum atomic E-state index is 14.6.